The van der Waals surface area contributed by atoms with Crippen LogP contribution in [-0.2, 0) is 15.6 Å². The molecule has 0 saturated heterocycles. The third-order valence-corrected chi connectivity index (χ3v) is 5.16. The standard InChI is InChI=1S/C11H19NO2S2/c1-4-5-9-16(13,14)12-11(2,3)10-7-6-8-15-10/h6-8,12H,4-5,9H2,1-3H3. The molecule has 3 nitrogen and oxygen atoms in total. The lowest BCUT2D eigenvalue weighted by Gasteiger charge is -2.24. The minimum absolute atomic E-state index is 0.207. The van der Waals surface area contributed by atoms with Crippen molar-refractivity contribution >= 4 is 21.4 Å². The molecule has 0 amide bonds. The first-order chi connectivity index (χ1) is 7.37. The SMILES string of the molecule is CCCCS(=O)(=O)NC(C)(C)c1cccs1. The van der Waals surface area contributed by atoms with Gasteiger partial charge in [-0.25, -0.2) is 13.1 Å². The number of nitrogens with one attached hydrogen (secondary N) is 1. The highest BCUT2D eigenvalue weighted by atomic mass is 32.2. The Morgan fingerprint density at radius 1 is 1.44 bits per heavy atom. The highest BCUT2D eigenvalue weighted by Gasteiger charge is 2.26. The van der Waals surface area contributed by atoms with Crippen LogP contribution in [0.2, 0.25) is 0 Å². The summed E-state index contributed by atoms with van der Waals surface area (Å²) in [6.45, 7) is 5.77. The molecule has 1 heterocycles. The van der Waals surface area contributed by atoms with E-state index in [1.165, 1.54) is 0 Å². The Kier molecular flexibility index (Phi) is 4.52. The second-order valence-corrected chi connectivity index (χ2v) is 7.17. The van der Waals surface area contributed by atoms with Gasteiger partial charge in [0.2, 0.25) is 10.0 Å². The maximum Gasteiger partial charge on any atom is 0.212 e. The smallest absolute Gasteiger partial charge is 0.212 e. The van der Waals surface area contributed by atoms with E-state index in [1.54, 1.807) is 11.3 Å². The van der Waals surface area contributed by atoms with Gasteiger partial charge in [0.25, 0.3) is 0 Å². The van der Waals surface area contributed by atoms with Gasteiger partial charge in [-0.2, -0.15) is 0 Å². The molecule has 0 fully saturated rings. The lowest BCUT2D eigenvalue weighted by Crippen LogP contribution is -2.41. The Morgan fingerprint density at radius 3 is 2.62 bits per heavy atom. The summed E-state index contributed by atoms with van der Waals surface area (Å²) >= 11 is 1.57. The van der Waals surface area contributed by atoms with E-state index in [0.717, 1.165) is 11.3 Å². The molecule has 92 valence electrons. The van der Waals surface area contributed by atoms with E-state index < -0.39 is 15.6 Å². The van der Waals surface area contributed by atoms with E-state index in [1.807, 2.05) is 38.3 Å². The second kappa shape index (κ2) is 5.29. The Hall–Kier alpha value is -0.390. The van der Waals surface area contributed by atoms with Gasteiger partial charge in [0.05, 0.1) is 11.3 Å². The molecule has 0 aromatic carbocycles. The molecule has 16 heavy (non-hydrogen) atoms. The monoisotopic (exact) mass is 261 g/mol. The number of thiophene rings is 1. The number of hydrogen-bond acceptors (Lipinski definition) is 3. The average Bonchev–Trinajstić information content (AvgIpc) is 2.66. The summed E-state index contributed by atoms with van der Waals surface area (Å²) in [4.78, 5) is 1.03. The fraction of sp³-hybridized carbons (Fsp3) is 0.636. The van der Waals surface area contributed by atoms with Crippen molar-refractivity contribution in [1.29, 1.82) is 0 Å². The van der Waals surface area contributed by atoms with Crippen molar-refractivity contribution in [3.8, 4) is 0 Å². The Bertz CT molecular complexity index is 407. The van der Waals surface area contributed by atoms with Gasteiger partial charge in [-0.05, 0) is 31.7 Å². The number of sulfonamides is 1. The van der Waals surface area contributed by atoms with Crippen LogP contribution in [0.4, 0.5) is 0 Å². The second-order valence-electron chi connectivity index (χ2n) is 4.38. The maximum atomic E-state index is 11.8. The molecular formula is C11H19NO2S2. The molecule has 0 aliphatic rings. The minimum Gasteiger partial charge on any atom is -0.212 e. The zero-order chi connectivity index (χ0) is 12.2. The molecule has 0 unspecified atom stereocenters. The molecule has 0 radical (unpaired) electrons. The number of unbranched alkanes of at least 4 members (excludes halogenated alkanes) is 1. The molecule has 0 aliphatic heterocycles. The lowest BCUT2D eigenvalue weighted by atomic mass is 10.1. The number of rotatable bonds is 6. The van der Waals surface area contributed by atoms with Crippen LogP contribution in [0.25, 0.3) is 0 Å². The first-order valence-corrected chi connectivity index (χ1v) is 7.96. The van der Waals surface area contributed by atoms with Crippen LogP contribution in [0.1, 0.15) is 38.5 Å². The molecule has 0 atom stereocenters. The van der Waals surface area contributed by atoms with E-state index in [-0.39, 0.29) is 5.75 Å². The first kappa shape index (κ1) is 13.7. The molecule has 1 aromatic heterocycles. The van der Waals surface area contributed by atoms with E-state index in [2.05, 4.69) is 4.72 Å². The summed E-state index contributed by atoms with van der Waals surface area (Å²) in [5, 5.41) is 1.96. The summed E-state index contributed by atoms with van der Waals surface area (Å²) in [6.07, 6.45) is 1.59. The number of hydrogen-bond donors (Lipinski definition) is 1. The van der Waals surface area contributed by atoms with E-state index in [9.17, 15) is 8.42 Å². The fourth-order valence-electron chi connectivity index (χ4n) is 1.46. The van der Waals surface area contributed by atoms with Crippen molar-refractivity contribution in [3.05, 3.63) is 22.4 Å². The van der Waals surface area contributed by atoms with E-state index in [4.69, 9.17) is 0 Å². The molecule has 0 saturated carbocycles. The summed E-state index contributed by atoms with van der Waals surface area (Å²) in [5.41, 5.74) is -0.513. The lowest BCUT2D eigenvalue weighted by molar-refractivity contribution is 0.479. The summed E-state index contributed by atoms with van der Waals surface area (Å²) in [6, 6.07) is 3.88. The third-order valence-electron chi connectivity index (χ3n) is 2.31. The van der Waals surface area contributed by atoms with Crippen LogP contribution in [-0.4, -0.2) is 14.2 Å². The molecule has 0 bridgehead atoms. The van der Waals surface area contributed by atoms with Gasteiger partial charge in [-0.3, -0.25) is 0 Å². The van der Waals surface area contributed by atoms with Crippen LogP contribution in [0.5, 0.6) is 0 Å². The van der Waals surface area contributed by atoms with Crippen molar-refractivity contribution in [2.45, 2.75) is 39.2 Å². The minimum atomic E-state index is -3.17. The van der Waals surface area contributed by atoms with Gasteiger partial charge in [0, 0.05) is 4.88 Å². The quantitative estimate of drug-likeness (QED) is 0.856. The van der Waals surface area contributed by atoms with Gasteiger partial charge in [0.15, 0.2) is 0 Å². The average molecular weight is 261 g/mol. The molecule has 1 N–H and O–H groups in total. The molecule has 1 rings (SSSR count). The molecule has 5 heteroatoms. The summed E-state index contributed by atoms with van der Waals surface area (Å²) < 4.78 is 26.3. The topological polar surface area (TPSA) is 46.2 Å². The van der Waals surface area contributed by atoms with E-state index in [0.29, 0.717) is 6.42 Å². The Labute approximate surface area is 102 Å². The van der Waals surface area contributed by atoms with Crippen LogP contribution < -0.4 is 4.72 Å². The first-order valence-electron chi connectivity index (χ1n) is 5.43. The summed E-state index contributed by atoms with van der Waals surface area (Å²) in [5.74, 6) is 0.207. The molecule has 0 aliphatic carbocycles. The van der Waals surface area contributed by atoms with Gasteiger partial charge >= 0.3 is 0 Å². The summed E-state index contributed by atoms with van der Waals surface area (Å²) in [7, 11) is -3.17. The van der Waals surface area contributed by atoms with Crippen LogP contribution in [0.15, 0.2) is 17.5 Å². The Balaban J connectivity index is 2.73. The van der Waals surface area contributed by atoms with Gasteiger partial charge in [0.1, 0.15) is 0 Å². The van der Waals surface area contributed by atoms with Gasteiger partial charge in [-0.1, -0.05) is 19.4 Å². The zero-order valence-electron chi connectivity index (χ0n) is 9.99. The van der Waals surface area contributed by atoms with Crippen LogP contribution in [0.3, 0.4) is 0 Å². The zero-order valence-corrected chi connectivity index (χ0v) is 11.6. The predicted molar refractivity (Wildman–Crippen MR) is 69.2 cm³/mol. The van der Waals surface area contributed by atoms with Crippen LogP contribution >= 0.6 is 11.3 Å². The van der Waals surface area contributed by atoms with Crippen molar-refractivity contribution in [2.24, 2.45) is 0 Å². The van der Waals surface area contributed by atoms with Gasteiger partial charge < -0.3 is 0 Å². The van der Waals surface area contributed by atoms with Crippen LogP contribution in [0, 0.1) is 0 Å². The highest BCUT2D eigenvalue weighted by molar-refractivity contribution is 7.89. The van der Waals surface area contributed by atoms with Crippen molar-refractivity contribution in [1.82, 2.24) is 4.72 Å². The third kappa shape index (κ3) is 3.88. The molecule has 1 aromatic rings. The fourth-order valence-corrected chi connectivity index (χ4v) is 3.99. The van der Waals surface area contributed by atoms with Crippen molar-refractivity contribution < 1.29 is 8.42 Å². The molecular weight excluding hydrogens is 242 g/mol. The van der Waals surface area contributed by atoms with Gasteiger partial charge in [-0.15, -0.1) is 11.3 Å². The van der Waals surface area contributed by atoms with Crippen molar-refractivity contribution in [3.63, 3.8) is 0 Å². The Morgan fingerprint density at radius 2 is 2.12 bits per heavy atom. The van der Waals surface area contributed by atoms with E-state index >= 15 is 0 Å². The predicted octanol–water partition coefficient (Wildman–Crippen LogP) is 2.70. The maximum absolute atomic E-state index is 11.8. The molecule has 0 spiro atoms. The van der Waals surface area contributed by atoms with Crippen molar-refractivity contribution in [2.75, 3.05) is 5.75 Å². The largest absolute Gasteiger partial charge is 0.212 e. The highest BCUT2D eigenvalue weighted by Crippen LogP contribution is 2.25. The normalized spacial score (nSPS) is 12.9.